The van der Waals surface area contributed by atoms with Gasteiger partial charge in [-0.25, -0.2) is 0 Å². The summed E-state index contributed by atoms with van der Waals surface area (Å²) in [5.74, 6) is -0.899. The number of aromatic nitrogens is 3. The van der Waals surface area contributed by atoms with Crippen LogP contribution in [0.3, 0.4) is 0 Å². The number of benzene rings is 4. The maximum atomic E-state index is 16.6. The van der Waals surface area contributed by atoms with Gasteiger partial charge in [-0.05, 0) is 99.0 Å². The van der Waals surface area contributed by atoms with E-state index < -0.39 is 37.1 Å². The molecule has 0 radical (unpaired) electrons. The highest BCUT2D eigenvalue weighted by Crippen LogP contribution is 2.60. The zero-order chi connectivity index (χ0) is 41.8. The first-order chi connectivity index (χ1) is 28.9. The number of nitrogens with one attached hydrogen (secondary N) is 1. The maximum absolute atomic E-state index is 16.6. The number of carbonyl (C=O) groups is 2. The molecule has 14 heteroatoms. The Morgan fingerprint density at radius 1 is 0.950 bits per heavy atom. The fraction of sp³-hybridized carbons (Fsp3) is 0.391. The first-order valence-corrected chi connectivity index (χ1v) is 24.7. The number of nitrogens with zero attached hydrogens (tertiary/aromatic N) is 6. The average molecular weight is 893 g/mol. The van der Waals surface area contributed by atoms with E-state index in [-0.39, 0.29) is 30.9 Å². The number of ether oxygens (including phenoxy) is 1. The van der Waals surface area contributed by atoms with Gasteiger partial charge in [-0.1, -0.05) is 88.7 Å². The lowest BCUT2D eigenvalue weighted by Crippen LogP contribution is -2.55. The van der Waals surface area contributed by atoms with Crippen molar-refractivity contribution in [2.75, 3.05) is 41.1 Å². The second kappa shape index (κ2) is 15.9. The van der Waals surface area contributed by atoms with E-state index in [9.17, 15) is 9.90 Å². The van der Waals surface area contributed by atoms with Crippen molar-refractivity contribution in [2.24, 2.45) is 5.92 Å². The van der Waals surface area contributed by atoms with E-state index in [0.29, 0.717) is 38.2 Å². The Hall–Kier alpha value is -4.73. The van der Waals surface area contributed by atoms with Crippen molar-refractivity contribution in [1.82, 2.24) is 20.3 Å². The van der Waals surface area contributed by atoms with Crippen LogP contribution in [-0.2, 0) is 33.0 Å². The molecular weight excluding hydrogens is 842 g/mol. The first-order valence-electron chi connectivity index (χ1n) is 20.9. The Morgan fingerprint density at radius 2 is 1.67 bits per heavy atom. The molecule has 4 aliphatic heterocycles. The van der Waals surface area contributed by atoms with Gasteiger partial charge in [0, 0.05) is 45.6 Å². The Morgan fingerprint density at radius 3 is 2.38 bits per heavy atom. The minimum absolute atomic E-state index is 0.0891. The van der Waals surface area contributed by atoms with E-state index in [4.69, 9.17) is 4.74 Å². The Labute approximate surface area is 359 Å². The van der Waals surface area contributed by atoms with E-state index in [1.165, 1.54) is 0 Å². The van der Waals surface area contributed by atoms with Crippen LogP contribution in [0.25, 0.3) is 0 Å². The van der Waals surface area contributed by atoms with Gasteiger partial charge in [-0.3, -0.25) is 19.2 Å². The van der Waals surface area contributed by atoms with E-state index in [0.717, 1.165) is 51.3 Å². The largest absolute Gasteiger partial charge is 0.395 e. The molecule has 9 rings (SSSR count). The number of anilines is 3. The number of para-hydroxylation sites is 1. The quantitative estimate of drug-likeness (QED) is 0.104. The van der Waals surface area contributed by atoms with Crippen LogP contribution in [0.2, 0.25) is 18.6 Å². The SMILES string of the molecule is C[C@H]1[C@H]([Si](C)(C)F)[C@@H](CCn2cc(C(CO)c3ccccc3)nn2)O[C@]12C(=O)N(Cc1cccc(N3CN(c4ccccc4)C4(CCNCC4)C3=O)c1)c1ccc(Br)cc12. The number of aryl methyl sites for hydroxylation is 1. The number of amides is 2. The van der Waals surface area contributed by atoms with Crippen molar-refractivity contribution in [3.63, 3.8) is 0 Å². The highest BCUT2D eigenvalue weighted by molar-refractivity contribution is 9.10. The summed E-state index contributed by atoms with van der Waals surface area (Å²) in [5, 5.41) is 22.4. The van der Waals surface area contributed by atoms with Crippen LogP contribution in [0.5, 0.6) is 0 Å². The molecule has 1 unspecified atom stereocenters. The fourth-order valence-corrected chi connectivity index (χ4v) is 13.4. The van der Waals surface area contributed by atoms with Gasteiger partial charge in [-0.15, -0.1) is 5.10 Å². The molecule has 0 bridgehead atoms. The van der Waals surface area contributed by atoms with Crippen molar-refractivity contribution >= 4 is 53.2 Å². The van der Waals surface area contributed by atoms with Crippen molar-refractivity contribution in [1.29, 1.82) is 0 Å². The molecule has 3 fully saturated rings. The number of hydrogen-bond donors (Lipinski definition) is 2. The third-order valence-corrected chi connectivity index (χ3v) is 16.3. The summed E-state index contributed by atoms with van der Waals surface area (Å²) < 4.78 is 26.2. The molecule has 0 saturated carbocycles. The van der Waals surface area contributed by atoms with E-state index in [2.05, 4.69) is 48.6 Å². The minimum Gasteiger partial charge on any atom is -0.395 e. The lowest BCUT2D eigenvalue weighted by atomic mass is 9.82. The van der Waals surface area contributed by atoms with Crippen LogP contribution < -0.4 is 20.0 Å². The standard InChI is InChI=1S/C46H51BrFN7O4Si/c1-31-42(60(2,3)48)41(19-24-52-28-39(50-51-52)37(29-56)33-12-6-4-7-13-33)59-46(31)38-26-34(47)17-18-40(38)53(44(46)58)27-32-11-10-16-36(25-32)54-30-55(35-14-8-5-9-15-35)45(43(54)57)20-22-49-23-21-45/h4-18,25-26,28,31,37,41-42,49,56H,19-24,27,29-30H2,1-3H3/t31-,37?,41+,42-,46+/m0/s1. The second-order valence-corrected chi connectivity index (χ2v) is 22.0. The molecule has 2 amide bonds. The van der Waals surface area contributed by atoms with Crippen LogP contribution in [0.1, 0.15) is 54.5 Å². The number of halogens is 2. The number of piperidine rings is 1. The molecule has 0 aliphatic carbocycles. The fourth-order valence-electron chi connectivity index (χ4n) is 10.5. The number of carbonyl (C=O) groups excluding carboxylic acids is 2. The van der Waals surface area contributed by atoms with Gasteiger partial charge in [0.05, 0.1) is 43.2 Å². The number of aliphatic hydroxyl groups is 1. The summed E-state index contributed by atoms with van der Waals surface area (Å²) in [6, 6.07) is 33.6. The van der Waals surface area contributed by atoms with Crippen molar-refractivity contribution < 1.29 is 23.5 Å². The minimum atomic E-state index is -3.41. The molecule has 60 heavy (non-hydrogen) atoms. The Kier molecular flexibility index (Phi) is 10.8. The topological polar surface area (TPSA) is 116 Å². The Bertz CT molecular complexity index is 2380. The first kappa shape index (κ1) is 40.7. The average Bonchev–Trinajstić information content (AvgIpc) is 3.97. The summed E-state index contributed by atoms with van der Waals surface area (Å²) in [6.45, 7) is 7.89. The monoisotopic (exact) mass is 891 g/mol. The number of rotatable bonds is 11. The second-order valence-electron chi connectivity index (χ2n) is 17.3. The summed E-state index contributed by atoms with van der Waals surface area (Å²) in [5.41, 5.74) is 3.22. The third-order valence-electron chi connectivity index (χ3n) is 13.4. The van der Waals surface area contributed by atoms with E-state index in [1.807, 2.05) is 109 Å². The highest BCUT2D eigenvalue weighted by Gasteiger charge is 2.66. The van der Waals surface area contributed by atoms with Gasteiger partial charge in [-0.2, -0.15) is 0 Å². The number of fused-ring (bicyclic) bond motifs is 2. The third kappa shape index (κ3) is 6.90. The summed E-state index contributed by atoms with van der Waals surface area (Å²) in [6.07, 6.45) is 3.13. The summed E-state index contributed by atoms with van der Waals surface area (Å²) >= 11 is 3.66. The van der Waals surface area contributed by atoms with Gasteiger partial charge in [0.2, 0.25) is 8.41 Å². The van der Waals surface area contributed by atoms with E-state index in [1.54, 1.807) is 22.7 Å². The predicted octanol–water partition coefficient (Wildman–Crippen LogP) is 7.51. The van der Waals surface area contributed by atoms with Gasteiger partial charge in [0.15, 0.2) is 5.60 Å². The molecule has 4 aliphatic rings. The number of hydrogen-bond acceptors (Lipinski definition) is 8. The molecule has 3 saturated heterocycles. The zero-order valence-corrected chi connectivity index (χ0v) is 36.8. The molecule has 11 nitrogen and oxygen atoms in total. The van der Waals surface area contributed by atoms with Gasteiger partial charge < -0.3 is 29.1 Å². The van der Waals surface area contributed by atoms with Crippen molar-refractivity contribution in [3.8, 4) is 0 Å². The molecule has 5 aromatic rings. The van der Waals surface area contributed by atoms with Crippen LogP contribution in [0, 0.1) is 5.92 Å². The normalized spacial score (nSPS) is 24.2. The summed E-state index contributed by atoms with van der Waals surface area (Å²) in [7, 11) is -3.41. The lowest BCUT2D eigenvalue weighted by molar-refractivity contribution is -0.146. The molecule has 5 atom stereocenters. The lowest BCUT2D eigenvalue weighted by Gasteiger charge is -2.39. The molecule has 4 aromatic carbocycles. The van der Waals surface area contributed by atoms with E-state index >= 15 is 8.90 Å². The molecule has 1 aromatic heterocycles. The van der Waals surface area contributed by atoms with Crippen molar-refractivity contribution in [3.05, 3.63) is 136 Å². The molecule has 312 valence electrons. The van der Waals surface area contributed by atoms with Crippen molar-refractivity contribution in [2.45, 2.75) is 81.1 Å². The zero-order valence-electron chi connectivity index (χ0n) is 34.2. The molecule has 2 N–H and O–H groups in total. The van der Waals surface area contributed by atoms with Crippen LogP contribution >= 0.6 is 15.9 Å². The highest BCUT2D eigenvalue weighted by atomic mass is 79.9. The molecular formula is C46H51BrFN7O4Si. The Balaban J connectivity index is 0.991. The number of aliphatic hydroxyl groups excluding tert-OH is 1. The van der Waals surface area contributed by atoms with Crippen LogP contribution in [0.4, 0.5) is 21.2 Å². The molecule has 5 heterocycles. The van der Waals surface area contributed by atoms with Gasteiger partial charge >= 0.3 is 0 Å². The van der Waals surface area contributed by atoms with Crippen LogP contribution in [-0.4, -0.2) is 78.3 Å². The predicted molar refractivity (Wildman–Crippen MR) is 236 cm³/mol. The molecule has 2 spiro atoms. The maximum Gasteiger partial charge on any atom is 0.264 e. The smallest absolute Gasteiger partial charge is 0.264 e. The van der Waals surface area contributed by atoms with Gasteiger partial charge in [0.25, 0.3) is 11.8 Å². The summed E-state index contributed by atoms with van der Waals surface area (Å²) in [4.78, 5) is 35.6. The van der Waals surface area contributed by atoms with Gasteiger partial charge in [0.1, 0.15) is 5.54 Å². The van der Waals surface area contributed by atoms with Crippen LogP contribution in [0.15, 0.2) is 114 Å².